The van der Waals surface area contributed by atoms with Crippen molar-refractivity contribution in [2.24, 2.45) is 7.05 Å². The zero-order valence-electron chi connectivity index (χ0n) is 12.6. The Hall–Kier alpha value is -0.910. The second-order valence-electron chi connectivity index (χ2n) is 6.12. The molecule has 112 valence electrons. The van der Waals surface area contributed by atoms with E-state index in [1.165, 1.54) is 24.9 Å². The Morgan fingerprint density at radius 1 is 1.55 bits per heavy atom. The summed E-state index contributed by atoms with van der Waals surface area (Å²) in [4.78, 5) is 2.61. The van der Waals surface area contributed by atoms with Gasteiger partial charge in [0, 0.05) is 31.9 Å². The van der Waals surface area contributed by atoms with E-state index in [2.05, 4.69) is 21.5 Å². The van der Waals surface area contributed by atoms with Crippen molar-refractivity contribution in [1.29, 1.82) is 0 Å². The van der Waals surface area contributed by atoms with E-state index >= 15 is 0 Å². The second kappa shape index (κ2) is 6.24. The SMILES string of the molecule is CNC(CCc1cnn(C)c1)C1CN2CCCC2CO1. The molecule has 0 aliphatic carbocycles. The molecule has 2 aliphatic heterocycles. The minimum Gasteiger partial charge on any atom is -0.374 e. The highest BCUT2D eigenvalue weighted by atomic mass is 16.5. The van der Waals surface area contributed by atoms with Gasteiger partial charge in [-0.15, -0.1) is 0 Å². The van der Waals surface area contributed by atoms with E-state index in [0.29, 0.717) is 18.2 Å². The molecular weight excluding hydrogens is 252 g/mol. The summed E-state index contributed by atoms with van der Waals surface area (Å²) in [6.07, 6.45) is 9.20. The average molecular weight is 278 g/mol. The molecule has 5 heteroatoms. The molecule has 0 radical (unpaired) electrons. The summed E-state index contributed by atoms with van der Waals surface area (Å²) in [6.45, 7) is 3.25. The van der Waals surface area contributed by atoms with E-state index in [1.54, 1.807) is 0 Å². The minimum absolute atomic E-state index is 0.325. The summed E-state index contributed by atoms with van der Waals surface area (Å²) in [6, 6.07) is 1.11. The van der Waals surface area contributed by atoms with Crippen LogP contribution in [0, 0.1) is 0 Å². The van der Waals surface area contributed by atoms with Crippen molar-refractivity contribution in [2.45, 2.75) is 43.9 Å². The Bertz CT molecular complexity index is 433. The number of likely N-dealkylation sites (N-methyl/N-ethyl adjacent to an activating group) is 1. The lowest BCUT2D eigenvalue weighted by Crippen LogP contribution is -2.53. The van der Waals surface area contributed by atoms with Crippen LogP contribution in [-0.2, 0) is 18.2 Å². The van der Waals surface area contributed by atoms with E-state index in [4.69, 9.17) is 4.74 Å². The number of aryl methyl sites for hydroxylation is 2. The molecule has 1 aromatic heterocycles. The number of rotatable bonds is 5. The van der Waals surface area contributed by atoms with E-state index in [9.17, 15) is 0 Å². The fraction of sp³-hybridized carbons (Fsp3) is 0.800. The van der Waals surface area contributed by atoms with Gasteiger partial charge in [-0.05, 0) is 44.8 Å². The lowest BCUT2D eigenvalue weighted by atomic mass is 10.0. The maximum Gasteiger partial charge on any atom is 0.0855 e. The van der Waals surface area contributed by atoms with Crippen LogP contribution < -0.4 is 5.32 Å². The molecule has 0 saturated carbocycles. The van der Waals surface area contributed by atoms with E-state index in [-0.39, 0.29) is 0 Å². The topological polar surface area (TPSA) is 42.3 Å². The highest BCUT2D eigenvalue weighted by molar-refractivity contribution is 5.04. The largest absolute Gasteiger partial charge is 0.374 e. The number of nitrogens with zero attached hydrogens (tertiary/aromatic N) is 3. The number of nitrogens with one attached hydrogen (secondary N) is 1. The fourth-order valence-electron chi connectivity index (χ4n) is 3.53. The van der Waals surface area contributed by atoms with Crippen molar-refractivity contribution in [3.8, 4) is 0 Å². The average Bonchev–Trinajstić information content (AvgIpc) is 3.07. The smallest absolute Gasteiger partial charge is 0.0855 e. The standard InChI is InChI=1S/C15H26N4O/c1-16-14(6-5-12-8-17-18(2)9-12)15-10-19-7-3-4-13(19)11-20-15/h8-9,13-16H,3-7,10-11H2,1-2H3. The summed E-state index contributed by atoms with van der Waals surface area (Å²) < 4.78 is 7.98. The Morgan fingerprint density at radius 2 is 2.45 bits per heavy atom. The number of fused-ring (bicyclic) bond motifs is 1. The Balaban J connectivity index is 1.53. The van der Waals surface area contributed by atoms with Crippen LogP contribution in [-0.4, -0.2) is 59.6 Å². The van der Waals surface area contributed by atoms with Crippen molar-refractivity contribution in [3.63, 3.8) is 0 Å². The van der Waals surface area contributed by atoms with Crippen LogP contribution in [0.25, 0.3) is 0 Å². The van der Waals surface area contributed by atoms with E-state index in [1.807, 2.05) is 25.0 Å². The summed E-state index contributed by atoms with van der Waals surface area (Å²) in [7, 11) is 4.02. The van der Waals surface area contributed by atoms with Crippen LogP contribution in [0.15, 0.2) is 12.4 Å². The van der Waals surface area contributed by atoms with Gasteiger partial charge in [-0.1, -0.05) is 0 Å². The number of hydrogen-bond donors (Lipinski definition) is 1. The van der Waals surface area contributed by atoms with Gasteiger partial charge in [0.15, 0.2) is 0 Å². The molecule has 3 unspecified atom stereocenters. The minimum atomic E-state index is 0.325. The van der Waals surface area contributed by atoms with Gasteiger partial charge in [-0.25, -0.2) is 0 Å². The molecule has 5 nitrogen and oxygen atoms in total. The lowest BCUT2D eigenvalue weighted by Gasteiger charge is -2.38. The quantitative estimate of drug-likeness (QED) is 0.865. The fourth-order valence-corrected chi connectivity index (χ4v) is 3.53. The van der Waals surface area contributed by atoms with Gasteiger partial charge in [-0.3, -0.25) is 9.58 Å². The van der Waals surface area contributed by atoms with Gasteiger partial charge in [0.05, 0.1) is 18.9 Å². The number of hydrogen-bond acceptors (Lipinski definition) is 4. The number of ether oxygens (including phenoxy) is 1. The number of morpholine rings is 1. The third kappa shape index (κ3) is 3.05. The molecule has 0 spiro atoms. The Labute approximate surface area is 121 Å². The Morgan fingerprint density at radius 3 is 3.20 bits per heavy atom. The van der Waals surface area contributed by atoms with Gasteiger partial charge < -0.3 is 10.1 Å². The monoisotopic (exact) mass is 278 g/mol. The number of aromatic nitrogens is 2. The van der Waals surface area contributed by atoms with Gasteiger partial charge in [0.2, 0.25) is 0 Å². The van der Waals surface area contributed by atoms with Crippen LogP contribution in [0.5, 0.6) is 0 Å². The summed E-state index contributed by atoms with van der Waals surface area (Å²) >= 11 is 0. The maximum atomic E-state index is 6.11. The molecule has 0 bridgehead atoms. The van der Waals surface area contributed by atoms with Crippen molar-refractivity contribution >= 4 is 0 Å². The highest BCUT2D eigenvalue weighted by Crippen LogP contribution is 2.24. The highest BCUT2D eigenvalue weighted by Gasteiger charge is 2.35. The molecule has 2 saturated heterocycles. The van der Waals surface area contributed by atoms with Crippen LogP contribution in [0.1, 0.15) is 24.8 Å². The molecule has 2 aliphatic rings. The summed E-state index contributed by atoms with van der Waals surface area (Å²) in [5, 5.41) is 7.68. The first-order valence-corrected chi connectivity index (χ1v) is 7.76. The molecule has 0 aromatic carbocycles. The Kier molecular flexibility index (Phi) is 4.38. The van der Waals surface area contributed by atoms with Gasteiger partial charge in [0.25, 0.3) is 0 Å². The van der Waals surface area contributed by atoms with Crippen molar-refractivity contribution in [1.82, 2.24) is 20.0 Å². The normalized spacial score (nSPS) is 28.5. The molecule has 20 heavy (non-hydrogen) atoms. The predicted octanol–water partition coefficient (Wildman–Crippen LogP) is 0.804. The third-order valence-corrected chi connectivity index (χ3v) is 4.74. The first-order valence-electron chi connectivity index (χ1n) is 7.76. The van der Waals surface area contributed by atoms with E-state index in [0.717, 1.165) is 26.0 Å². The van der Waals surface area contributed by atoms with Crippen LogP contribution in [0.4, 0.5) is 0 Å². The van der Waals surface area contributed by atoms with Crippen LogP contribution in [0.2, 0.25) is 0 Å². The molecule has 3 heterocycles. The maximum absolute atomic E-state index is 6.11. The zero-order chi connectivity index (χ0) is 13.9. The van der Waals surface area contributed by atoms with Gasteiger partial charge in [0.1, 0.15) is 0 Å². The predicted molar refractivity (Wildman–Crippen MR) is 78.7 cm³/mol. The summed E-state index contributed by atoms with van der Waals surface area (Å²) in [5.74, 6) is 0. The molecule has 3 atom stereocenters. The molecule has 1 aromatic rings. The molecular formula is C15H26N4O. The van der Waals surface area contributed by atoms with Crippen molar-refractivity contribution < 1.29 is 4.74 Å². The van der Waals surface area contributed by atoms with Crippen molar-refractivity contribution in [2.75, 3.05) is 26.7 Å². The molecule has 1 N–H and O–H groups in total. The van der Waals surface area contributed by atoms with Crippen molar-refractivity contribution in [3.05, 3.63) is 18.0 Å². The van der Waals surface area contributed by atoms with Crippen LogP contribution in [0.3, 0.4) is 0 Å². The molecule has 0 amide bonds. The molecule has 3 rings (SSSR count). The second-order valence-corrected chi connectivity index (χ2v) is 6.12. The zero-order valence-corrected chi connectivity index (χ0v) is 12.6. The van der Waals surface area contributed by atoms with Gasteiger partial charge in [-0.2, -0.15) is 5.10 Å². The van der Waals surface area contributed by atoms with Crippen LogP contribution >= 0.6 is 0 Å². The molecule has 2 fully saturated rings. The lowest BCUT2D eigenvalue weighted by molar-refractivity contribution is -0.0645. The first-order chi connectivity index (χ1) is 9.76. The first kappa shape index (κ1) is 14.0. The van der Waals surface area contributed by atoms with E-state index < -0.39 is 0 Å². The van der Waals surface area contributed by atoms with Gasteiger partial charge >= 0.3 is 0 Å². The summed E-state index contributed by atoms with van der Waals surface area (Å²) in [5.41, 5.74) is 1.31. The third-order valence-electron chi connectivity index (χ3n) is 4.74.